The van der Waals surface area contributed by atoms with Gasteiger partial charge < -0.3 is 4.90 Å². The predicted molar refractivity (Wildman–Crippen MR) is 73.6 cm³/mol. The molecule has 0 aromatic carbocycles. The Morgan fingerprint density at radius 2 is 2.19 bits per heavy atom. The van der Waals surface area contributed by atoms with Crippen molar-refractivity contribution in [3.05, 3.63) is 15.0 Å². The molecular weight excluding hydrogens is 328 g/mol. The van der Waals surface area contributed by atoms with Gasteiger partial charge in [-0.05, 0) is 15.9 Å². The monoisotopic (exact) mass is 336 g/mol. The normalized spacial score (nSPS) is 10.7. The molecule has 0 spiro atoms. The molecule has 0 saturated heterocycles. The number of hydrogen-bond donors (Lipinski definition) is 0. The summed E-state index contributed by atoms with van der Waals surface area (Å²) in [6.07, 6.45) is 1.88. The molecule has 0 N–H and O–H groups in total. The molecule has 0 saturated carbocycles. The molecule has 0 bridgehead atoms. The lowest BCUT2D eigenvalue weighted by atomic mass is 10.6. The van der Waals surface area contributed by atoms with Crippen LogP contribution < -0.4 is 4.90 Å². The summed E-state index contributed by atoms with van der Waals surface area (Å²) >= 11 is 8.30. The molecule has 0 radical (unpaired) electrons. The molecule has 0 unspecified atom stereocenters. The van der Waals surface area contributed by atoms with Crippen molar-refractivity contribution in [3.63, 3.8) is 0 Å². The van der Waals surface area contributed by atoms with Gasteiger partial charge in [0.25, 0.3) is 0 Å². The van der Waals surface area contributed by atoms with Crippen LogP contribution in [0.15, 0.2) is 14.5 Å². The lowest BCUT2D eigenvalue weighted by Gasteiger charge is -2.03. The summed E-state index contributed by atoms with van der Waals surface area (Å²) < 4.78 is 1.92. The van der Waals surface area contributed by atoms with Crippen molar-refractivity contribution in [2.24, 2.45) is 0 Å². The Morgan fingerprint density at radius 1 is 1.38 bits per heavy atom. The zero-order chi connectivity index (χ0) is 11.5. The van der Waals surface area contributed by atoms with Gasteiger partial charge in [-0.1, -0.05) is 23.1 Å². The summed E-state index contributed by atoms with van der Waals surface area (Å²) in [6, 6.07) is 0. The first-order valence-electron chi connectivity index (χ1n) is 4.39. The molecule has 0 atom stereocenters. The quantitative estimate of drug-likeness (QED) is 0.802. The van der Waals surface area contributed by atoms with Crippen LogP contribution >= 0.6 is 50.4 Å². The summed E-state index contributed by atoms with van der Waals surface area (Å²) in [5.74, 6) is 0.894. The van der Waals surface area contributed by atoms with Gasteiger partial charge in [0.1, 0.15) is 0 Å². The molecule has 0 fully saturated rings. The summed E-state index contributed by atoms with van der Waals surface area (Å²) in [6.45, 7) is 0. The van der Waals surface area contributed by atoms with E-state index in [4.69, 9.17) is 0 Å². The fraction of sp³-hybridized carbons (Fsp3) is 0.375. The first-order valence-corrected chi connectivity index (χ1v) is 7.80. The summed E-state index contributed by atoms with van der Waals surface area (Å²) in [7, 11) is 3.94. The molecule has 2 rings (SSSR count). The van der Waals surface area contributed by atoms with E-state index in [0.717, 1.165) is 19.1 Å². The van der Waals surface area contributed by atoms with Crippen LogP contribution in [0.4, 0.5) is 5.13 Å². The van der Waals surface area contributed by atoms with Gasteiger partial charge in [-0.3, -0.25) is 0 Å². The van der Waals surface area contributed by atoms with E-state index in [9.17, 15) is 0 Å². The lowest BCUT2D eigenvalue weighted by Crippen LogP contribution is -2.07. The Balaban J connectivity index is 1.94. The number of thioether (sulfide) groups is 1. The number of nitrogens with zero attached hydrogens (tertiary/aromatic N) is 4. The second-order valence-electron chi connectivity index (χ2n) is 3.11. The number of hydrogen-bond acceptors (Lipinski definition) is 7. The Morgan fingerprint density at radius 3 is 2.75 bits per heavy atom. The predicted octanol–water partition coefficient (Wildman–Crippen LogP) is 3.12. The Bertz CT molecular complexity index is 467. The summed E-state index contributed by atoms with van der Waals surface area (Å²) in [5.41, 5.74) is 0. The molecule has 4 nitrogen and oxygen atoms in total. The Labute approximate surface area is 114 Å². The van der Waals surface area contributed by atoms with E-state index in [0.29, 0.717) is 0 Å². The highest BCUT2D eigenvalue weighted by molar-refractivity contribution is 9.11. The van der Waals surface area contributed by atoms with Crippen LogP contribution in [0.5, 0.6) is 0 Å². The van der Waals surface area contributed by atoms with Crippen LogP contribution in [0.3, 0.4) is 0 Å². The minimum Gasteiger partial charge on any atom is -0.353 e. The molecule has 16 heavy (non-hydrogen) atoms. The standard InChI is InChI=1S/C8H9BrN4S3/c1-13(2)7-11-12-8(16-7)14-4-5-3-10-6(9)15-5/h3H,4H2,1-2H3. The van der Waals surface area contributed by atoms with Crippen molar-refractivity contribution in [3.8, 4) is 0 Å². The van der Waals surface area contributed by atoms with Crippen LogP contribution in [0.25, 0.3) is 0 Å². The van der Waals surface area contributed by atoms with E-state index in [1.54, 1.807) is 34.4 Å². The smallest absolute Gasteiger partial charge is 0.208 e. The van der Waals surface area contributed by atoms with Crippen molar-refractivity contribution >= 4 is 55.5 Å². The maximum atomic E-state index is 4.14. The fourth-order valence-electron chi connectivity index (χ4n) is 0.925. The number of aromatic nitrogens is 3. The first-order chi connectivity index (χ1) is 7.65. The van der Waals surface area contributed by atoms with Crippen molar-refractivity contribution in [1.29, 1.82) is 0 Å². The zero-order valence-corrected chi connectivity index (χ0v) is 12.7. The molecule has 0 aliphatic carbocycles. The molecule has 2 heterocycles. The third kappa shape index (κ3) is 3.16. The van der Waals surface area contributed by atoms with E-state index < -0.39 is 0 Å². The zero-order valence-electron chi connectivity index (χ0n) is 8.68. The average molecular weight is 337 g/mol. The van der Waals surface area contributed by atoms with Crippen LogP contribution in [-0.4, -0.2) is 29.3 Å². The van der Waals surface area contributed by atoms with Crippen LogP contribution in [0, 0.1) is 0 Å². The van der Waals surface area contributed by atoms with Gasteiger partial charge in [-0.2, -0.15) is 0 Å². The first kappa shape index (κ1) is 12.3. The maximum Gasteiger partial charge on any atom is 0.208 e. The van der Waals surface area contributed by atoms with Gasteiger partial charge >= 0.3 is 0 Å². The van der Waals surface area contributed by atoms with Crippen molar-refractivity contribution in [2.45, 2.75) is 10.1 Å². The molecule has 0 aliphatic rings. The summed E-state index contributed by atoms with van der Waals surface area (Å²) in [4.78, 5) is 7.34. The summed E-state index contributed by atoms with van der Waals surface area (Å²) in [5, 5.41) is 9.14. The molecule has 86 valence electrons. The minimum absolute atomic E-state index is 0.894. The Hall–Kier alpha value is -0.180. The average Bonchev–Trinajstić information content (AvgIpc) is 2.83. The van der Waals surface area contributed by atoms with Crippen molar-refractivity contribution < 1.29 is 0 Å². The van der Waals surface area contributed by atoms with Gasteiger partial charge in [0.05, 0.1) is 0 Å². The number of thiazole rings is 1. The van der Waals surface area contributed by atoms with Gasteiger partial charge in [0, 0.05) is 30.9 Å². The van der Waals surface area contributed by atoms with E-state index >= 15 is 0 Å². The highest BCUT2D eigenvalue weighted by Crippen LogP contribution is 2.31. The van der Waals surface area contributed by atoms with E-state index in [1.165, 1.54) is 4.88 Å². The lowest BCUT2D eigenvalue weighted by molar-refractivity contribution is 0.972. The van der Waals surface area contributed by atoms with Crippen molar-refractivity contribution in [2.75, 3.05) is 19.0 Å². The largest absolute Gasteiger partial charge is 0.353 e. The minimum atomic E-state index is 0.894. The van der Waals surface area contributed by atoms with Gasteiger partial charge in [0.15, 0.2) is 8.26 Å². The molecule has 0 aliphatic heterocycles. The van der Waals surface area contributed by atoms with E-state index in [2.05, 4.69) is 31.1 Å². The highest BCUT2D eigenvalue weighted by Gasteiger charge is 2.07. The number of rotatable bonds is 4. The highest BCUT2D eigenvalue weighted by atomic mass is 79.9. The maximum absolute atomic E-state index is 4.14. The second kappa shape index (κ2) is 5.44. The molecular formula is C8H9BrN4S3. The van der Waals surface area contributed by atoms with Crippen molar-refractivity contribution in [1.82, 2.24) is 15.2 Å². The molecule has 0 amide bonds. The van der Waals surface area contributed by atoms with Crippen LogP contribution in [-0.2, 0) is 5.75 Å². The fourth-order valence-corrected chi connectivity index (χ4v) is 4.07. The third-order valence-electron chi connectivity index (χ3n) is 1.64. The SMILES string of the molecule is CN(C)c1nnc(SCc2cnc(Br)s2)s1. The topological polar surface area (TPSA) is 41.9 Å². The molecule has 2 aromatic rings. The van der Waals surface area contributed by atoms with E-state index in [1.807, 2.05) is 25.2 Å². The molecule has 2 aromatic heterocycles. The van der Waals surface area contributed by atoms with Gasteiger partial charge in [-0.25, -0.2) is 4.98 Å². The van der Waals surface area contributed by atoms with Crippen LogP contribution in [0.2, 0.25) is 0 Å². The van der Waals surface area contributed by atoms with Crippen LogP contribution in [0.1, 0.15) is 4.88 Å². The second-order valence-corrected chi connectivity index (χ2v) is 7.68. The van der Waals surface area contributed by atoms with Gasteiger partial charge in [0.2, 0.25) is 5.13 Å². The number of halogens is 1. The third-order valence-corrected chi connectivity index (χ3v) is 5.57. The Kier molecular flexibility index (Phi) is 4.17. The van der Waals surface area contributed by atoms with Gasteiger partial charge in [-0.15, -0.1) is 21.5 Å². The molecule has 8 heteroatoms. The van der Waals surface area contributed by atoms with E-state index in [-0.39, 0.29) is 0 Å². The number of anilines is 1.